The average Bonchev–Trinajstić information content (AvgIpc) is 2.70. The second kappa shape index (κ2) is 19.6. The summed E-state index contributed by atoms with van der Waals surface area (Å²) in [5, 5.41) is 19.2. The maximum absolute atomic E-state index is 12.7. The van der Waals surface area contributed by atoms with Gasteiger partial charge >= 0.3 is 199 Å². The van der Waals surface area contributed by atoms with Gasteiger partial charge in [-0.1, -0.05) is 0 Å². The number of hydrogen-bond donors (Lipinski definition) is 4. The van der Waals surface area contributed by atoms with Gasteiger partial charge in [0.2, 0.25) is 0 Å². The van der Waals surface area contributed by atoms with Crippen LogP contribution in [0, 0.1) is 0 Å². The third-order valence-corrected chi connectivity index (χ3v) is 14.0. The molecule has 1 atom stereocenters. The van der Waals surface area contributed by atoms with E-state index in [0.717, 1.165) is 21.7 Å². The summed E-state index contributed by atoms with van der Waals surface area (Å²) in [7, 11) is 0. The molecule has 0 aliphatic heterocycles. The van der Waals surface area contributed by atoms with E-state index in [-0.39, 0.29) is 13.0 Å². The molecular weight excluding hydrogens is 511 g/mol. The minimum atomic E-state index is -2.48. The second-order valence-corrected chi connectivity index (χ2v) is 17.5. The van der Waals surface area contributed by atoms with Gasteiger partial charge < -0.3 is 0 Å². The molecule has 0 saturated heterocycles. The van der Waals surface area contributed by atoms with Gasteiger partial charge in [-0.25, -0.2) is 0 Å². The molecule has 174 valence electrons. The van der Waals surface area contributed by atoms with Gasteiger partial charge in [0.05, 0.1) is 0 Å². The van der Waals surface area contributed by atoms with Crippen molar-refractivity contribution in [1.29, 1.82) is 0 Å². The van der Waals surface area contributed by atoms with E-state index in [4.69, 9.17) is 8.18 Å². The monoisotopic (exact) mass is 558 g/mol. The molecule has 0 fully saturated rings. The van der Waals surface area contributed by atoms with Crippen LogP contribution in [0.4, 0.5) is 0 Å². The number of hydrogen-bond acceptors (Lipinski definition) is 6. The van der Waals surface area contributed by atoms with Crippen LogP contribution in [0.5, 0.6) is 0 Å². The van der Waals surface area contributed by atoms with Crippen LogP contribution in [0.15, 0.2) is 0 Å². The van der Waals surface area contributed by atoms with Gasteiger partial charge in [0.15, 0.2) is 0 Å². The Morgan fingerprint density at radius 2 is 1.31 bits per heavy atom. The van der Waals surface area contributed by atoms with Gasteiger partial charge in [-0.2, -0.15) is 0 Å². The Morgan fingerprint density at radius 1 is 0.862 bits per heavy atom. The molecule has 2 N–H and O–H groups in total. The van der Waals surface area contributed by atoms with Crippen molar-refractivity contribution in [1.82, 2.24) is 0 Å². The molecule has 0 aliphatic rings. The predicted molar refractivity (Wildman–Crippen MR) is 133 cm³/mol. The number of aliphatic hydroxyl groups is 2. The van der Waals surface area contributed by atoms with Gasteiger partial charge in [-0.15, -0.1) is 0 Å². The van der Waals surface area contributed by atoms with Crippen LogP contribution in [0.3, 0.4) is 0 Å². The summed E-state index contributed by atoms with van der Waals surface area (Å²) in [4.78, 5) is 12.7. The van der Waals surface area contributed by atoms with Crippen molar-refractivity contribution in [2.75, 3.05) is 6.61 Å². The molecule has 0 rings (SSSR count). The summed E-state index contributed by atoms with van der Waals surface area (Å²) >= 11 is 6.14. The van der Waals surface area contributed by atoms with Crippen LogP contribution in [-0.4, -0.2) is 53.1 Å². The standard InChI is InChI=1S/2C8H17.C6H12O4S2.Sn.H/c2*1-3-5-7-8-6-4-2;7-3-1-2-4(8)6(11,12)5(9)10;;/h2*1,3-8H2,2H3;4,7-8,11-12H,1-3H2,(H,9,10);;/q;;;+1;/p-1. The second-order valence-electron chi connectivity index (χ2n) is 8.25. The summed E-state index contributed by atoms with van der Waals surface area (Å²) in [6.07, 6.45) is 14.6. The van der Waals surface area contributed by atoms with Crippen LogP contribution in [0.1, 0.15) is 104 Å². The summed E-state index contributed by atoms with van der Waals surface area (Å²) in [5.41, 5.74) is 0. The molecule has 4 nitrogen and oxygen atoms in total. The molecular formula is C22H46O4S2Sn. The van der Waals surface area contributed by atoms with E-state index in [9.17, 15) is 9.90 Å². The van der Waals surface area contributed by atoms with Crippen molar-refractivity contribution in [3.8, 4) is 0 Å². The van der Waals surface area contributed by atoms with Crippen LogP contribution >= 0.6 is 25.3 Å². The van der Waals surface area contributed by atoms with Crippen molar-refractivity contribution in [2.24, 2.45) is 0 Å². The summed E-state index contributed by atoms with van der Waals surface area (Å²) < 4.78 is 6.61. The molecule has 7 heteroatoms. The first kappa shape index (κ1) is 29.9. The van der Waals surface area contributed by atoms with E-state index >= 15 is 0 Å². The SMILES string of the molecule is CCCCCCC[CH2][SnH]([CH2]CCCCCCC)[O]C(=O)C(S)(S)C(O)CCCO. The third-order valence-electron chi connectivity index (χ3n) is 5.43. The van der Waals surface area contributed by atoms with E-state index in [1.54, 1.807) is 0 Å². The molecule has 0 spiro atoms. The quantitative estimate of drug-likeness (QED) is 0.0675. The van der Waals surface area contributed by atoms with Crippen molar-refractivity contribution in [3.05, 3.63) is 0 Å². The van der Waals surface area contributed by atoms with E-state index in [1.165, 1.54) is 64.2 Å². The molecule has 1 unspecified atom stereocenters. The number of thiol groups is 2. The Labute approximate surface area is 198 Å². The molecule has 0 amide bonds. The Balaban J connectivity index is 4.53. The first-order valence-corrected chi connectivity index (χ1v) is 18.7. The van der Waals surface area contributed by atoms with Crippen LogP contribution in [-0.2, 0) is 7.87 Å². The van der Waals surface area contributed by atoms with Gasteiger partial charge in [0.1, 0.15) is 0 Å². The van der Waals surface area contributed by atoms with E-state index < -0.39 is 36.3 Å². The van der Waals surface area contributed by atoms with Crippen molar-refractivity contribution in [2.45, 2.75) is 123 Å². The fourth-order valence-electron chi connectivity index (χ4n) is 3.43. The molecule has 0 heterocycles. The Morgan fingerprint density at radius 3 is 1.76 bits per heavy atom. The van der Waals surface area contributed by atoms with Gasteiger partial charge in [0, 0.05) is 0 Å². The van der Waals surface area contributed by atoms with Gasteiger partial charge in [-0.3, -0.25) is 0 Å². The Bertz CT molecular complexity index is 381. The zero-order chi connectivity index (χ0) is 22.0. The number of unbranched alkanes of at least 4 members (excludes halogenated alkanes) is 10. The zero-order valence-electron chi connectivity index (χ0n) is 18.8. The summed E-state index contributed by atoms with van der Waals surface area (Å²) in [6.45, 7) is 4.42. The fraction of sp³-hybridized carbons (Fsp3) is 0.955. The van der Waals surface area contributed by atoms with Crippen molar-refractivity contribution >= 4 is 51.4 Å². The first-order chi connectivity index (χ1) is 13.9. The third kappa shape index (κ3) is 15.3. The average molecular weight is 557 g/mol. The van der Waals surface area contributed by atoms with Crippen molar-refractivity contribution in [3.63, 3.8) is 0 Å². The first-order valence-electron chi connectivity index (χ1n) is 11.8. The van der Waals surface area contributed by atoms with Gasteiger partial charge in [-0.05, 0) is 0 Å². The van der Waals surface area contributed by atoms with E-state index in [1.807, 2.05) is 0 Å². The molecule has 0 radical (unpaired) electrons. The fourth-order valence-corrected chi connectivity index (χ4v) is 11.5. The minimum absolute atomic E-state index is 0.0261. The normalized spacial score (nSPS) is 13.1. The zero-order valence-corrected chi connectivity index (χ0v) is 23.9. The number of aliphatic hydroxyl groups excluding tert-OH is 2. The summed E-state index contributed by atoms with van der Waals surface area (Å²) in [6, 6.07) is 0. The molecule has 29 heavy (non-hydrogen) atoms. The molecule has 0 aliphatic carbocycles. The Kier molecular flexibility index (Phi) is 20.2. The molecule has 0 saturated carbocycles. The molecule has 0 aromatic carbocycles. The van der Waals surface area contributed by atoms with Crippen LogP contribution in [0.25, 0.3) is 0 Å². The van der Waals surface area contributed by atoms with E-state index in [0.29, 0.717) is 6.42 Å². The van der Waals surface area contributed by atoms with E-state index in [2.05, 4.69) is 39.1 Å². The predicted octanol–water partition coefficient (Wildman–Crippen LogP) is 5.66. The van der Waals surface area contributed by atoms with Crippen molar-refractivity contribution < 1.29 is 18.1 Å². The van der Waals surface area contributed by atoms with Gasteiger partial charge in [0.25, 0.3) is 0 Å². The molecule has 0 aromatic rings. The summed E-state index contributed by atoms with van der Waals surface area (Å²) in [5.74, 6) is -0.479. The maximum atomic E-state index is 12.7. The molecule has 0 bridgehead atoms. The molecule has 0 aromatic heterocycles. The number of carbonyl (C=O) groups is 1. The number of carbonyl (C=O) groups excluding carboxylic acids is 1. The topological polar surface area (TPSA) is 66.8 Å². The Hall–Kier alpha value is 0.889. The van der Waals surface area contributed by atoms with Crippen LogP contribution < -0.4 is 0 Å². The number of rotatable bonds is 20. The van der Waals surface area contributed by atoms with Crippen LogP contribution in [0.2, 0.25) is 8.87 Å².